The third kappa shape index (κ3) is 4.79. The fourth-order valence-corrected chi connectivity index (χ4v) is 3.29. The molecule has 2 aromatic rings. The zero-order chi connectivity index (χ0) is 20.1. The summed E-state index contributed by atoms with van der Waals surface area (Å²) < 4.78 is 12.2. The molecule has 1 aromatic heterocycles. The summed E-state index contributed by atoms with van der Waals surface area (Å²) in [6, 6.07) is 5.52. The molecule has 4 N–H and O–H groups in total. The molecule has 1 aliphatic rings. The van der Waals surface area contributed by atoms with E-state index in [0.29, 0.717) is 29.6 Å². The second kappa shape index (κ2) is 9.03. The van der Waals surface area contributed by atoms with E-state index in [1.165, 1.54) is 0 Å². The summed E-state index contributed by atoms with van der Waals surface area (Å²) in [7, 11) is 3.20. The first-order chi connectivity index (χ1) is 13.5. The van der Waals surface area contributed by atoms with Crippen molar-refractivity contribution in [3.05, 3.63) is 35.4 Å². The van der Waals surface area contributed by atoms with Gasteiger partial charge < -0.3 is 25.8 Å². The number of carbonyl (C=O) groups is 1. The molecule has 0 saturated carbocycles. The lowest BCUT2D eigenvalue weighted by Crippen LogP contribution is -2.38. The molecule has 9 nitrogen and oxygen atoms in total. The Hall–Kier alpha value is -2.65. The molecule has 1 amide bonds. The van der Waals surface area contributed by atoms with Crippen molar-refractivity contribution in [2.24, 2.45) is 5.73 Å². The van der Waals surface area contributed by atoms with Crippen LogP contribution in [0.3, 0.4) is 0 Å². The van der Waals surface area contributed by atoms with Crippen LogP contribution in [0.15, 0.2) is 18.2 Å². The van der Waals surface area contributed by atoms with E-state index in [4.69, 9.17) is 15.2 Å². The highest BCUT2D eigenvalue weighted by atomic mass is 16.5. The second-order valence-corrected chi connectivity index (χ2v) is 6.96. The number of ether oxygens (including phenoxy) is 2. The summed E-state index contributed by atoms with van der Waals surface area (Å²) in [6.07, 6.45) is 1.44. The maximum atomic E-state index is 12.4. The minimum Gasteiger partial charge on any atom is -0.493 e. The average molecular weight is 388 g/mol. The van der Waals surface area contributed by atoms with E-state index in [0.717, 1.165) is 25.1 Å². The third-order valence-electron chi connectivity index (χ3n) is 4.68. The third-order valence-corrected chi connectivity index (χ3v) is 4.68. The Morgan fingerprint density at radius 2 is 2.18 bits per heavy atom. The molecule has 0 radical (unpaired) electrons. The SMILES string of the molecule is COc1ccc(Cc2nc([C@@H](C)N)n(CC(=O)N[C@@H]3CCNC3)n2)cc1OC. The van der Waals surface area contributed by atoms with Gasteiger partial charge in [0.1, 0.15) is 12.4 Å². The van der Waals surface area contributed by atoms with E-state index >= 15 is 0 Å². The summed E-state index contributed by atoms with van der Waals surface area (Å²) in [5.74, 6) is 2.43. The van der Waals surface area contributed by atoms with Crippen molar-refractivity contribution < 1.29 is 14.3 Å². The van der Waals surface area contributed by atoms with Crippen molar-refractivity contribution >= 4 is 5.91 Å². The molecule has 152 valence electrons. The lowest BCUT2D eigenvalue weighted by Gasteiger charge is -2.12. The van der Waals surface area contributed by atoms with E-state index in [9.17, 15) is 4.79 Å². The molecule has 2 heterocycles. The lowest BCUT2D eigenvalue weighted by molar-refractivity contribution is -0.122. The van der Waals surface area contributed by atoms with Crippen molar-refractivity contribution in [3.63, 3.8) is 0 Å². The van der Waals surface area contributed by atoms with Gasteiger partial charge in [0.25, 0.3) is 0 Å². The van der Waals surface area contributed by atoms with Crippen molar-refractivity contribution in [2.75, 3.05) is 27.3 Å². The molecular formula is C19H28N6O3. The molecule has 0 unspecified atom stereocenters. The Kier molecular flexibility index (Phi) is 6.48. The fraction of sp³-hybridized carbons (Fsp3) is 0.526. The van der Waals surface area contributed by atoms with E-state index in [1.54, 1.807) is 18.9 Å². The van der Waals surface area contributed by atoms with Crippen molar-refractivity contribution in [1.29, 1.82) is 0 Å². The topological polar surface area (TPSA) is 116 Å². The number of rotatable bonds is 8. The van der Waals surface area contributed by atoms with Crippen LogP contribution in [-0.2, 0) is 17.8 Å². The van der Waals surface area contributed by atoms with Crippen molar-refractivity contribution in [1.82, 2.24) is 25.4 Å². The molecule has 3 rings (SSSR count). The molecule has 1 fully saturated rings. The number of carbonyl (C=O) groups excluding carboxylic acids is 1. The molecule has 1 aromatic carbocycles. The first-order valence-electron chi connectivity index (χ1n) is 9.40. The number of hydrogen-bond donors (Lipinski definition) is 3. The van der Waals surface area contributed by atoms with Crippen molar-refractivity contribution in [3.8, 4) is 11.5 Å². The van der Waals surface area contributed by atoms with Gasteiger partial charge in [-0.1, -0.05) is 6.07 Å². The molecule has 28 heavy (non-hydrogen) atoms. The van der Waals surface area contributed by atoms with Gasteiger partial charge in [0, 0.05) is 19.0 Å². The quantitative estimate of drug-likeness (QED) is 0.599. The Bertz CT molecular complexity index is 814. The predicted octanol–water partition coefficient (Wildman–Crippen LogP) is 0.384. The van der Waals surface area contributed by atoms with Gasteiger partial charge in [0.2, 0.25) is 5.91 Å². The van der Waals surface area contributed by atoms with E-state index in [1.807, 2.05) is 25.1 Å². The maximum Gasteiger partial charge on any atom is 0.242 e. The molecular weight excluding hydrogens is 360 g/mol. The molecule has 1 saturated heterocycles. The number of methoxy groups -OCH3 is 2. The maximum absolute atomic E-state index is 12.4. The van der Waals surface area contributed by atoms with Gasteiger partial charge in [-0.15, -0.1) is 0 Å². The molecule has 0 spiro atoms. The largest absolute Gasteiger partial charge is 0.493 e. The van der Waals surface area contributed by atoms with Gasteiger partial charge in [0.05, 0.1) is 20.3 Å². The average Bonchev–Trinajstić information content (AvgIpc) is 3.31. The highest BCUT2D eigenvalue weighted by Gasteiger charge is 2.20. The summed E-state index contributed by atoms with van der Waals surface area (Å²) in [4.78, 5) is 16.9. The normalized spacial score (nSPS) is 17.4. The smallest absolute Gasteiger partial charge is 0.242 e. The van der Waals surface area contributed by atoms with Crippen LogP contribution in [0.25, 0.3) is 0 Å². The first kappa shape index (κ1) is 20.1. The molecule has 2 atom stereocenters. The van der Waals surface area contributed by atoms with Crippen LogP contribution in [-0.4, -0.2) is 54.0 Å². The van der Waals surface area contributed by atoms with Crippen LogP contribution in [0.4, 0.5) is 0 Å². The highest BCUT2D eigenvalue weighted by molar-refractivity contribution is 5.76. The number of benzene rings is 1. The molecule has 0 aliphatic carbocycles. The number of aromatic nitrogens is 3. The van der Waals surface area contributed by atoms with E-state index in [2.05, 4.69) is 20.7 Å². The van der Waals surface area contributed by atoms with Crippen LogP contribution in [0.5, 0.6) is 11.5 Å². The predicted molar refractivity (Wildman–Crippen MR) is 104 cm³/mol. The van der Waals surface area contributed by atoms with Gasteiger partial charge in [-0.05, 0) is 37.6 Å². The number of nitrogens with two attached hydrogens (primary N) is 1. The van der Waals surface area contributed by atoms with E-state index in [-0.39, 0.29) is 24.5 Å². The minimum absolute atomic E-state index is 0.0850. The zero-order valence-electron chi connectivity index (χ0n) is 16.6. The van der Waals surface area contributed by atoms with Gasteiger partial charge in [-0.3, -0.25) is 4.79 Å². The summed E-state index contributed by atoms with van der Waals surface area (Å²) in [6.45, 7) is 3.66. The van der Waals surface area contributed by atoms with Gasteiger partial charge >= 0.3 is 0 Å². The van der Waals surface area contributed by atoms with Crippen LogP contribution < -0.4 is 25.8 Å². The van der Waals surface area contributed by atoms with E-state index < -0.39 is 0 Å². The molecule has 1 aliphatic heterocycles. The van der Waals surface area contributed by atoms with Gasteiger partial charge in [0.15, 0.2) is 17.3 Å². The summed E-state index contributed by atoms with van der Waals surface area (Å²) in [5.41, 5.74) is 7.02. The van der Waals surface area contributed by atoms with Crippen LogP contribution in [0, 0.1) is 0 Å². The molecule has 9 heteroatoms. The van der Waals surface area contributed by atoms with Crippen LogP contribution in [0.1, 0.15) is 36.6 Å². The standard InChI is InChI=1S/C19H28N6O3/c1-12(20)19-23-17(9-13-4-5-15(27-2)16(8-13)28-3)24-25(19)11-18(26)22-14-6-7-21-10-14/h4-5,8,12,14,21H,6-7,9-11,20H2,1-3H3,(H,22,26)/t12-,14-/m1/s1. The Morgan fingerprint density at radius 3 is 2.82 bits per heavy atom. The first-order valence-corrected chi connectivity index (χ1v) is 9.40. The Balaban J connectivity index is 1.73. The number of hydrogen-bond acceptors (Lipinski definition) is 7. The number of nitrogens with zero attached hydrogens (tertiary/aromatic N) is 3. The highest BCUT2D eigenvalue weighted by Crippen LogP contribution is 2.28. The van der Waals surface area contributed by atoms with Gasteiger partial charge in [-0.25, -0.2) is 9.67 Å². The zero-order valence-corrected chi connectivity index (χ0v) is 16.6. The van der Waals surface area contributed by atoms with Gasteiger partial charge in [-0.2, -0.15) is 5.10 Å². The summed E-state index contributed by atoms with van der Waals surface area (Å²) in [5, 5.41) is 10.8. The minimum atomic E-state index is -0.326. The lowest BCUT2D eigenvalue weighted by atomic mass is 10.1. The molecule has 0 bridgehead atoms. The Morgan fingerprint density at radius 1 is 1.39 bits per heavy atom. The summed E-state index contributed by atoms with van der Waals surface area (Å²) >= 11 is 0. The fourth-order valence-electron chi connectivity index (χ4n) is 3.29. The Labute approximate surface area is 164 Å². The van der Waals surface area contributed by atoms with Crippen molar-refractivity contribution in [2.45, 2.75) is 38.4 Å². The van der Waals surface area contributed by atoms with Crippen LogP contribution >= 0.6 is 0 Å². The number of amides is 1. The monoisotopic (exact) mass is 388 g/mol. The van der Waals surface area contributed by atoms with Crippen LogP contribution in [0.2, 0.25) is 0 Å². The number of nitrogens with one attached hydrogen (secondary N) is 2. The second-order valence-electron chi connectivity index (χ2n) is 6.96.